The summed E-state index contributed by atoms with van der Waals surface area (Å²) in [5.74, 6) is 0.233. The van der Waals surface area contributed by atoms with E-state index in [2.05, 4.69) is 4.98 Å². The van der Waals surface area contributed by atoms with Crippen molar-refractivity contribution < 1.29 is 8.81 Å². The first-order valence-electron chi connectivity index (χ1n) is 6.06. The third kappa shape index (κ3) is 2.35. The van der Waals surface area contributed by atoms with Crippen LogP contribution in [0.5, 0.6) is 0 Å². The molecule has 0 saturated carbocycles. The topological polar surface area (TPSA) is 52.0 Å². The van der Waals surface area contributed by atoms with E-state index in [1.807, 2.05) is 18.2 Å². The summed E-state index contributed by atoms with van der Waals surface area (Å²) < 4.78 is 19.1. The van der Waals surface area contributed by atoms with Crippen molar-refractivity contribution in [1.82, 2.24) is 4.98 Å². The highest BCUT2D eigenvalue weighted by Crippen LogP contribution is 2.26. The summed E-state index contributed by atoms with van der Waals surface area (Å²) in [6.07, 6.45) is 4.07. The smallest absolute Gasteiger partial charge is 0.169 e. The fourth-order valence-electron chi connectivity index (χ4n) is 2.10. The van der Waals surface area contributed by atoms with Gasteiger partial charge in [-0.05, 0) is 36.2 Å². The van der Waals surface area contributed by atoms with Crippen LogP contribution in [0.25, 0.3) is 11.0 Å². The number of fused-ring (bicyclic) bond motifs is 1. The van der Waals surface area contributed by atoms with Gasteiger partial charge in [0.25, 0.3) is 0 Å². The number of para-hydroxylation sites is 1. The summed E-state index contributed by atoms with van der Waals surface area (Å²) in [6, 6.07) is 10.2. The Hall–Kier alpha value is -2.20. The molecular weight excluding hydrogens is 243 g/mol. The number of hydrogen-bond donors (Lipinski definition) is 1. The Kier molecular flexibility index (Phi) is 3.01. The number of hydrogen-bond acceptors (Lipinski definition) is 3. The summed E-state index contributed by atoms with van der Waals surface area (Å²) in [6.45, 7) is 0. The molecule has 0 aliphatic heterocycles. The van der Waals surface area contributed by atoms with E-state index in [0.717, 1.165) is 10.9 Å². The Morgan fingerprint density at radius 1 is 1.21 bits per heavy atom. The molecule has 0 aliphatic rings. The first kappa shape index (κ1) is 11.9. The van der Waals surface area contributed by atoms with Gasteiger partial charge in [0.15, 0.2) is 11.4 Å². The van der Waals surface area contributed by atoms with Crippen LogP contribution in [0.15, 0.2) is 53.2 Å². The molecule has 0 spiro atoms. The lowest BCUT2D eigenvalue weighted by atomic mass is 10.1. The lowest BCUT2D eigenvalue weighted by Gasteiger charge is -2.07. The van der Waals surface area contributed by atoms with Crippen molar-refractivity contribution in [2.45, 2.75) is 12.5 Å². The standard InChI is InChI=1S/C15H13FN2O/c16-12-3-1-2-11-9-14(19-15(11)12)13(17)8-10-4-6-18-7-5-10/h1-7,9,13H,8,17H2. The quantitative estimate of drug-likeness (QED) is 0.782. The van der Waals surface area contributed by atoms with Crippen molar-refractivity contribution in [2.24, 2.45) is 5.73 Å². The number of pyridine rings is 1. The van der Waals surface area contributed by atoms with Gasteiger partial charge in [0, 0.05) is 17.8 Å². The largest absolute Gasteiger partial charge is 0.456 e. The maximum absolute atomic E-state index is 13.5. The molecule has 1 aromatic carbocycles. The van der Waals surface area contributed by atoms with Gasteiger partial charge < -0.3 is 10.2 Å². The summed E-state index contributed by atoms with van der Waals surface area (Å²) in [5.41, 5.74) is 7.44. The van der Waals surface area contributed by atoms with Crippen LogP contribution in [0.3, 0.4) is 0 Å². The molecule has 3 aromatic rings. The first-order valence-corrected chi connectivity index (χ1v) is 6.06. The number of benzene rings is 1. The van der Waals surface area contributed by atoms with Gasteiger partial charge in [0.1, 0.15) is 5.76 Å². The number of aromatic nitrogens is 1. The molecule has 0 radical (unpaired) electrons. The van der Waals surface area contributed by atoms with Crippen LogP contribution in [-0.2, 0) is 6.42 Å². The van der Waals surface area contributed by atoms with Crippen LogP contribution in [0.4, 0.5) is 4.39 Å². The van der Waals surface area contributed by atoms with Gasteiger partial charge in [-0.15, -0.1) is 0 Å². The van der Waals surface area contributed by atoms with E-state index < -0.39 is 0 Å². The van der Waals surface area contributed by atoms with Gasteiger partial charge in [-0.1, -0.05) is 12.1 Å². The Balaban J connectivity index is 1.89. The predicted octanol–water partition coefficient (Wildman–Crippen LogP) is 3.21. The first-order chi connectivity index (χ1) is 9.24. The Bertz CT molecular complexity index is 694. The van der Waals surface area contributed by atoms with E-state index in [9.17, 15) is 4.39 Å². The van der Waals surface area contributed by atoms with E-state index in [0.29, 0.717) is 12.2 Å². The Labute approximate surface area is 109 Å². The molecule has 3 rings (SSSR count). The average molecular weight is 256 g/mol. The molecule has 1 atom stereocenters. The van der Waals surface area contributed by atoms with Gasteiger partial charge in [-0.25, -0.2) is 4.39 Å². The van der Waals surface area contributed by atoms with Crippen molar-refractivity contribution in [1.29, 1.82) is 0 Å². The van der Waals surface area contributed by atoms with E-state index >= 15 is 0 Å². The minimum absolute atomic E-state index is 0.266. The van der Waals surface area contributed by atoms with E-state index in [1.165, 1.54) is 6.07 Å². The molecule has 0 amide bonds. The fraction of sp³-hybridized carbons (Fsp3) is 0.133. The predicted molar refractivity (Wildman–Crippen MR) is 71.0 cm³/mol. The fourth-order valence-corrected chi connectivity index (χ4v) is 2.10. The number of furan rings is 1. The van der Waals surface area contributed by atoms with E-state index in [1.54, 1.807) is 24.5 Å². The molecule has 4 heteroatoms. The lowest BCUT2D eigenvalue weighted by Crippen LogP contribution is -2.12. The Morgan fingerprint density at radius 2 is 2.00 bits per heavy atom. The maximum Gasteiger partial charge on any atom is 0.169 e. The summed E-state index contributed by atoms with van der Waals surface area (Å²) in [5, 5.41) is 0.736. The van der Waals surface area contributed by atoms with E-state index in [4.69, 9.17) is 10.2 Å². The zero-order valence-electron chi connectivity index (χ0n) is 10.2. The van der Waals surface area contributed by atoms with Gasteiger partial charge in [0.05, 0.1) is 6.04 Å². The second kappa shape index (κ2) is 4.82. The molecule has 19 heavy (non-hydrogen) atoms. The van der Waals surface area contributed by atoms with Crippen molar-refractivity contribution in [3.8, 4) is 0 Å². The SMILES string of the molecule is NC(Cc1ccncc1)c1cc2cccc(F)c2o1. The van der Waals surface area contributed by atoms with Crippen LogP contribution in [0, 0.1) is 5.82 Å². The maximum atomic E-state index is 13.5. The van der Waals surface area contributed by atoms with Gasteiger partial charge in [-0.2, -0.15) is 0 Å². The summed E-state index contributed by atoms with van der Waals surface area (Å²) in [7, 11) is 0. The molecule has 96 valence electrons. The second-order valence-electron chi connectivity index (χ2n) is 4.47. The Morgan fingerprint density at radius 3 is 2.74 bits per heavy atom. The molecule has 0 fully saturated rings. The molecule has 0 aliphatic carbocycles. The number of nitrogens with two attached hydrogens (primary N) is 1. The molecule has 0 bridgehead atoms. The summed E-state index contributed by atoms with van der Waals surface area (Å²) in [4.78, 5) is 3.96. The molecule has 3 nitrogen and oxygen atoms in total. The molecule has 0 saturated heterocycles. The zero-order valence-corrected chi connectivity index (χ0v) is 10.2. The summed E-state index contributed by atoms with van der Waals surface area (Å²) >= 11 is 0. The van der Waals surface area contributed by atoms with Crippen LogP contribution in [-0.4, -0.2) is 4.98 Å². The zero-order chi connectivity index (χ0) is 13.2. The highest BCUT2D eigenvalue weighted by molar-refractivity contribution is 5.78. The minimum atomic E-state index is -0.361. The number of halogens is 1. The third-order valence-electron chi connectivity index (χ3n) is 3.09. The van der Waals surface area contributed by atoms with Crippen LogP contribution < -0.4 is 5.73 Å². The molecular formula is C15H13FN2O. The molecule has 2 heterocycles. The molecule has 2 N–H and O–H groups in total. The van der Waals surface area contributed by atoms with Crippen LogP contribution >= 0.6 is 0 Å². The highest BCUT2D eigenvalue weighted by Gasteiger charge is 2.14. The average Bonchev–Trinajstić information content (AvgIpc) is 2.85. The minimum Gasteiger partial charge on any atom is -0.456 e. The number of nitrogens with zero attached hydrogens (tertiary/aromatic N) is 1. The monoisotopic (exact) mass is 256 g/mol. The molecule has 1 unspecified atom stereocenters. The third-order valence-corrected chi connectivity index (χ3v) is 3.09. The number of rotatable bonds is 3. The van der Waals surface area contributed by atoms with Crippen molar-refractivity contribution in [3.63, 3.8) is 0 Å². The lowest BCUT2D eigenvalue weighted by molar-refractivity contribution is 0.478. The second-order valence-corrected chi connectivity index (χ2v) is 4.47. The van der Waals surface area contributed by atoms with Gasteiger partial charge in [-0.3, -0.25) is 4.98 Å². The van der Waals surface area contributed by atoms with E-state index in [-0.39, 0.29) is 17.4 Å². The van der Waals surface area contributed by atoms with Gasteiger partial charge in [0.2, 0.25) is 0 Å². The molecule has 2 aromatic heterocycles. The highest BCUT2D eigenvalue weighted by atomic mass is 19.1. The van der Waals surface area contributed by atoms with Crippen molar-refractivity contribution >= 4 is 11.0 Å². The van der Waals surface area contributed by atoms with Crippen molar-refractivity contribution in [3.05, 3.63) is 65.9 Å². The van der Waals surface area contributed by atoms with Crippen molar-refractivity contribution in [2.75, 3.05) is 0 Å². The van der Waals surface area contributed by atoms with Crippen LogP contribution in [0.1, 0.15) is 17.4 Å². The normalized spacial score (nSPS) is 12.7. The van der Waals surface area contributed by atoms with Crippen LogP contribution in [0.2, 0.25) is 0 Å². The van der Waals surface area contributed by atoms with Gasteiger partial charge >= 0.3 is 0 Å².